The minimum Gasteiger partial charge on any atom is -0.330 e. The minimum atomic E-state index is 0.582. The van der Waals surface area contributed by atoms with Crippen LogP contribution in [0, 0.1) is 0 Å². The molecule has 1 heterocycles. The van der Waals surface area contributed by atoms with Crippen LogP contribution in [0.5, 0.6) is 0 Å². The summed E-state index contributed by atoms with van der Waals surface area (Å²) in [5, 5.41) is 0.660. The Morgan fingerprint density at radius 2 is 2.00 bits per heavy atom. The molecule has 0 aliphatic heterocycles. The van der Waals surface area contributed by atoms with E-state index in [1.165, 1.54) is 0 Å². The Bertz CT molecular complexity index is 485. The lowest BCUT2D eigenvalue weighted by Crippen LogP contribution is -2.05. The van der Waals surface area contributed by atoms with E-state index in [-0.39, 0.29) is 0 Å². The molecule has 0 atom stereocenters. The highest BCUT2D eigenvalue weighted by Crippen LogP contribution is 2.24. The first-order valence-electron chi connectivity index (χ1n) is 5.08. The van der Waals surface area contributed by atoms with E-state index in [0.717, 1.165) is 17.7 Å². The summed E-state index contributed by atoms with van der Waals surface area (Å²) in [4.78, 5) is 8.63. The van der Waals surface area contributed by atoms with Gasteiger partial charge in [0.15, 0.2) is 5.82 Å². The van der Waals surface area contributed by atoms with E-state index in [4.69, 9.17) is 17.3 Å². The number of nitrogens with zero attached hydrogens (tertiary/aromatic N) is 2. The van der Waals surface area contributed by atoms with Gasteiger partial charge in [-0.3, -0.25) is 0 Å². The van der Waals surface area contributed by atoms with Crippen LogP contribution in [0.2, 0.25) is 5.02 Å². The molecule has 3 nitrogen and oxygen atoms in total. The quantitative estimate of drug-likeness (QED) is 0.885. The summed E-state index contributed by atoms with van der Waals surface area (Å²) in [5.74, 6) is 0.650. The van der Waals surface area contributed by atoms with Crippen molar-refractivity contribution in [3.05, 3.63) is 47.2 Å². The molecule has 2 rings (SSSR count). The molecule has 82 valence electrons. The van der Waals surface area contributed by atoms with Crippen molar-refractivity contribution in [3.63, 3.8) is 0 Å². The second-order valence-electron chi connectivity index (χ2n) is 3.39. The smallest absolute Gasteiger partial charge is 0.160 e. The zero-order chi connectivity index (χ0) is 11.4. The van der Waals surface area contributed by atoms with Gasteiger partial charge in [-0.2, -0.15) is 0 Å². The van der Waals surface area contributed by atoms with Crippen LogP contribution in [0.15, 0.2) is 36.5 Å². The number of hydrogen-bond donors (Lipinski definition) is 1. The monoisotopic (exact) mass is 233 g/mol. The molecular formula is C12H12ClN3. The Hall–Kier alpha value is -1.45. The van der Waals surface area contributed by atoms with E-state index in [1.807, 2.05) is 30.3 Å². The molecule has 4 heteroatoms. The van der Waals surface area contributed by atoms with Crippen LogP contribution in [0.25, 0.3) is 11.4 Å². The maximum Gasteiger partial charge on any atom is 0.160 e. The molecule has 0 amide bonds. The standard InChI is InChI=1S/C12H12ClN3/c13-11-4-2-1-3-10(11)12-15-8-6-9(16-12)5-7-14/h1-4,6,8H,5,7,14H2. The van der Waals surface area contributed by atoms with Crippen molar-refractivity contribution in [3.8, 4) is 11.4 Å². The molecule has 0 spiro atoms. The third-order valence-electron chi connectivity index (χ3n) is 2.23. The molecule has 0 radical (unpaired) electrons. The normalized spacial score (nSPS) is 10.4. The lowest BCUT2D eigenvalue weighted by Gasteiger charge is -2.04. The number of benzene rings is 1. The van der Waals surface area contributed by atoms with E-state index in [2.05, 4.69) is 9.97 Å². The van der Waals surface area contributed by atoms with Gasteiger partial charge < -0.3 is 5.73 Å². The SMILES string of the molecule is NCCc1ccnc(-c2ccccc2Cl)n1. The summed E-state index contributed by atoms with van der Waals surface area (Å²) in [6, 6.07) is 9.41. The van der Waals surface area contributed by atoms with Crippen LogP contribution in [0.3, 0.4) is 0 Å². The maximum atomic E-state index is 6.08. The summed E-state index contributed by atoms with van der Waals surface area (Å²) in [7, 11) is 0. The largest absolute Gasteiger partial charge is 0.330 e. The van der Waals surface area contributed by atoms with E-state index < -0.39 is 0 Å². The average molecular weight is 234 g/mol. The predicted octanol–water partition coefficient (Wildman–Crippen LogP) is 2.30. The zero-order valence-corrected chi connectivity index (χ0v) is 9.48. The predicted molar refractivity (Wildman–Crippen MR) is 65.2 cm³/mol. The summed E-state index contributed by atoms with van der Waals surface area (Å²) < 4.78 is 0. The number of aromatic nitrogens is 2. The highest BCUT2D eigenvalue weighted by molar-refractivity contribution is 6.33. The van der Waals surface area contributed by atoms with Crippen molar-refractivity contribution in [2.45, 2.75) is 6.42 Å². The Morgan fingerprint density at radius 1 is 1.19 bits per heavy atom. The molecule has 0 aliphatic rings. The van der Waals surface area contributed by atoms with Crippen molar-refractivity contribution in [2.24, 2.45) is 5.73 Å². The Morgan fingerprint density at radius 3 is 2.75 bits per heavy atom. The van der Waals surface area contributed by atoms with Gasteiger partial charge in [0.2, 0.25) is 0 Å². The van der Waals surface area contributed by atoms with Gasteiger partial charge in [-0.05, 0) is 24.7 Å². The fourth-order valence-electron chi connectivity index (χ4n) is 1.46. The van der Waals surface area contributed by atoms with Gasteiger partial charge in [0.25, 0.3) is 0 Å². The van der Waals surface area contributed by atoms with Gasteiger partial charge in [-0.25, -0.2) is 9.97 Å². The number of halogens is 1. The highest BCUT2D eigenvalue weighted by Gasteiger charge is 2.05. The first-order chi connectivity index (χ1) is 7.81. The fourth-order valence-corrected chi connectivity index (χ4v) is 1.68. The topological polar surface area (TPSA) is 51.8 Å². The fraction of sp³-hybridized carbons (Fsp3) is 0.167. The van der Waals surface area contributed by atoms with Crippen molar-refractivity contribution in [1.29, 1.82) is 0 Å². The Kier molecular flexibility index (Phi) is 3.49. The second-order valence-corrected chi connectivity index (χ2v) is 3.80. The first-order valence-corrected chi connectivity index (χ1v) is 5.46. The molecule has 0 unspecified atom stereocenters. The molecule has 0 saturated heterocycles. The molecular weight excluding hydrogens is 222 g/mol. The van der Waals surface area contributed by atoms with Crippen LogP contribution in [-0.4, -0.2) is 16.5 Å². The highest BCUT2D eigenvalue weighted by atomic mass is 35.5. The molecule has 0 aliphatic carbocycles. The lowest BCUT2D eigenvalue weighted by molar-refractivity contribution is 0.913. The Balaban J connectivity index is 2.40. The zero-order valence-electron chi connectivity index (χ0n) is 8.73. The van der Waals surface area contributed by atoms with Crippen LogP contribution in [0.4, 0.5) is 0 Å². The molecule has 1 aromatic heterocycles. The molecule has 0 fully saturated rings. The first kappa shape index (κ1) is 11.0. The van der Waals surface area contributed by atoms with E-state index in [0.29, 0.717) is 17.4 Å². The maximum absolute atomic E-state index is 6.08. The van der Waals surface area contributed by atoms with Crippen LogP contribution in [0.1, 0.15) is 5.69 Å². The summed E-state index contributed by atoms with van der Waals surface area (Å²) >= 11 is 6.08. The van der Waals surface area contributed by atoms with Crippen molar-refractivity contribution in [2.75, 3.05) is 6.54 Å². The molecule has 2 aromatic rings. The van der Waals surface area contributed by atoms with Crippen molar-refractivity contribution in [1.82, 2.24) is 9.97 Å². The summed E-state index contributed by atoms with van der Waals surface area (Å²) in [6.07, 6.45) is 2.48. The number of nitrogens with two attached hydrogens (primary N) is 1. The van der Waals surface area contributed by atoms with Gasteiger partial charge in [-0.15, -0.1) is 0 Å². The molecule has 16 heavy (non-hydrogen) atoms. The van der Waals surface area contributed by atoms with Crippen LogP contribution < -0.4 is 5.73 Å². The second kappa shape index (κ2) is 5.05. The van der Waals surface area contributed by atoms with Gasteiger partial charge in [0.1, 0.15) is 0 Å². The van der Waals surface area contributed by atoms with E-state index in [9.17, 15) is 0 Å². The Labute approximate surface area is 99.3 Å². The lowest BCUT2D eigenvalue weighted by atomic mass is 10.2. The van der Waals surface area contributed by atoms with Gasteiger partial charge in [0.05, 0.1) is 5.02 Å². The average Bonchev–Trinajstić information content (AvgIpc) is 2.30. The van der Waals surface area contributed by atoms with E-state index >= 15 is 0 Å². The molecule has 1 aromatic carbocycles. The van der Waals surface area contributed by atoms with Gasteiger partial charge in [0, 0.05) is 23.9 Å². The van der Waals surface area contributed by atoms with Gasteiger partial charge in [-0.1, -0.05) is 23.7 Å². The van der Waals surface area contributed by atoms with E-state index in [1.54, 1.807) is 6.20 Å². The van der Waals surface area contributed by atoms with Crippen LogP contribution >= 0.6 is 11.6 Å². The number of rotatable bonds is 3. The molecule has 2 N–H and O–H groups in total. The van der Waals surface area contributed by atoms with Crippen molar-refractivity contribution < 1.29 is 0 Å². The van der Waals surface area contributed by atoms with Gasteiger partial charge >= 0.3 is 0 Å². The number of hydrogen-bond acceptors (Lipinski definition) is 3. The summed E-state index contributed by atoms with van der Waals surface area (Å²) in [6.45, 7) is 0.582. The van der Waals surface area contributed by atoms with Crippen molar-refractivity contribution >= 4 is 11.6 Å². The third kappa shape index (κ3) is 2.38. The summed E-state index contributed by atoms with van der Waals surface area (Å²) in [5.41, 5.74) is 7.28. The molecule has 0 saturated carbocycles. The minimum absolute atomic E-state index is 0.582. The molecule has 0 bridgehead atoms. The third-order valence-corrected chi connectivity index (χ3v) is 2.56. The van der Waals surface area contributed by atoms with Crippen LogP contribution in [-0.2, 0) is 6.42 Å².